The molecule has 0 bridgehead atoms. The Kier molecular flexibility index (Phi) is 4.05. The number of hydrogen-bond acceptors (Lipinski definition) is 4. The molecule has 1 heterocycles. The van der Waals surface area contributed by atoms with Gasteiger partial charge in [0.1, 0.15) is 0 Å². The molecule has 1 aromatic heterocycles. The summed E-state index contributed by atoms with van der Waals surface area (Å²) in [6, 6.07) is 0. The molecule has 1 atom stereocenters. The molecule has 9 heteroatoms. The smallest absolute Gasteiger partial charge is 0.274 e. The number of rotatable bonds is 4. The van der Waals surface area contributed by atoms with Gasteiger partial charge in [0.25, 0.3) is 15.9 Å². The average molecular weight is 321 g/mol. The Labute approximate surface area is 121 Å². The van der Waals surface area contributed by atoms with E-state index >= 15 is 0 Å². The van der Waals surface area contributed by atoms with Gasteiger partial charge in [-0.15, -0.1) is 0 Å². The Balaban J connectivity index is 2.09. The predicted octanol–water partition coefficient (Wildman–Crippen LogP) is 1.36. The van der Waals surface area contributed by atoms with E-state index in [0.29, 0.717) is 12.0 Å². The fourth-order valence-corrected chi connectivity index (χ4v) is 3.99. The highest BCUT2D eigenvalue weighted by atomic mass is 32.2. The van der Waals surface area contributed by atoms with E-state index in [4.69, 9.17) is 0 Å². The lowest BCUT2D eigenvalue weighted by molar-refractivity contribution is -0.124. The fourth-order valence-electron chi connectivity index (χ4n) is 2.64. The van der Waals surface area contributed by atoms with E-state index in [2.05, 4.69) is 5.10 Å². The molecule has 1 unspecified atom stereocenters. The number of nitrogens with zero attached hydrogens (tertiary/aromatic N) is 2. The van der Waals surface area contributed by atoms with Gasteiger partial charge in [-0.25, -0.2) is 13.5 Å². The Morgan fingerprint density at radius 3 is 2.71 bits per heavy atom. The third kappa shape index (κ3) is 3.22. The maximum atomic E-state index is 13.5. The van der Waals surface area contributed by atoms with Crippen LogP contribution < -0.4 is 4.72 Å². The summed E-state index contributed by atoms with van der Waals surface area (Å²) in [5, 5.41) is 3.64. The summed E-state index contributed by atoms with van der Waals surface area (Å²) in [6.07, 6.45) is 1.18. The van der Waals surface area contributed by atoms with Gasteiger partial charge in [-0.05, 0) is 19.8 Å². The van der Waals surface area contributed by atoms with E-state index in [0.717, 1.165) is 4.68 Å². The van der Waals surface area contributed by atoms with Gasteiger partial charge < -0.3 is 0 Å². The van der Waals surface area contributed by atoms with Gasteiger partial charge in [0, 0.05) is 31.4 Å². The van der Waals surface area contributed by atoms with Gasteiger partial charge in [0.15, 0.2) is 5.03 Å². The first-order chi connectivity index (χ1) is 9.63. The summed E-state index contributed by atoms with van der Waals surface area (Å²) in [7, 11) is -2.67. The molecule has 118 valence electrons. The largest absolute Gasteiger partial charge is 0.281 e. The fraction of sp³-hybridized carbons (Fsp3) is 0.667. The molecule has 0 spiro atoms. The Bertz CT molecular complexity index is 635. The van der Waals surface area contributed by atoms with Crippen LogP contribution in [0.1, 0.15) is 31.2 Å². The maximum Gasteiger partial charge on any atom is 0.281 e. The molecular formula is C12H17F2N3O3S. The van der Waals surface area contributed by atoms with Gasteiger partial charge in [-0.2, -0.15) is 13.5 Å². The number of halogens is 2. The summed E-state index contributed by atoms with van der Waals surface area (Å²) in [5.41, 5.74) is 0.379. The highest BCUT2D eigenvalue weighted by Crippen LogP contribution is 2.42. The molecule has 1 amide bonds. The van der Waals surface area contributed by atoms with Crippen LogP contribution in [0.3, 0.4) is 0 Å². The second-order valence-electron chi connectivity index (χ2n) is 5.34. The highest BCUT2D eigenvalue weighted by Gasteiger charge is 2.44. The summed E-state index contributed by atoms with van der Waals surface area (Å²) in [5.74, 6) is -4.91. The van der Waals surface area contributed by atoms with Crippen LogP contribution in [0, 0.1) is 12.8 Å². The minimum Gasteiger partial charge on any atom is -0.274 e. The monoisotopic (exact) mass is 321 g/mol. The van der Waals surface area contributed by atoms with Crippen LogP contribution in [0.25, 0.3) is 0 Å². The lowest BCUT2D eigenvalue weighted by atomic mass is 10.0. The van der Waals surface area contributed by atoms with Gasteiger partial charge in [-0.3, -0.25) is 9.48 Å². The minimum absolute atomic E-state index is 0.144. The van der Waals surface area contributed by atoms with Crippen LogP contribution in [0.4, 0.5) is 8.78 Å². The minimum atomic E-state index is -4.10. The quantitative estimate of drug-likeness (QED) is 0.908. The zero-order valence-corrected chi connectivity index (χ0v) is 12.6. The molecule has 21 heavy (non-hydrogen) atoms. The SMILES string of the molecule is Cc1cnn(C)c1S(=O)(=O)NC(=O)CC1CCCC1(F)F. The molecule has 0 aromatic carbocycles. The molecule has 0 aliphatic heterocycles. The Morgan fingerprint density at radius 2 is 2.24 bits per heavy atom. The Morgan fingerprint density at radius 1 is 1.57 bits per heavy atom. The number of carbonyl (C=O) groups is 1. The average Bonchev–Trinajstić information content (AvgIpc) is 2.82. The highest BCUT2D eigenvalue weighted by molar-refractivity contribution is 7.90. The van der Waals surface area contributed by atoms with Crippen LogP contribution in [-0.4, -0.2) is 30.0 Å². The summed E-state index contributed by atoms with van der Waals surface area (Å²) < 4.78 is 54.1. The second kappa shape index (κ2) is 5.36. The van der Waals surface area contributed by atoms with Crippen molar-refractivity contribution >= 4 is 15.9 Å². The van der Waals surface area contributed by atoms with Crippen molar-refractivity contribution in [2.24, 2.45) is 13.0 Å². The molecule has 2 rings (SSSR count). The van der Waals surface area contributed by atoms with Crippen molar-refractivity contribution in [2.75, 3.05) is 0 Å². The van der Waals surface area contributed by atoms with Crippen LogP contribution in [0.2, 0.25) is 0 Å². The molecule has 0 saturated heterocycles. The Hall–Kier alpha value is -1.51. The first kappa shape index (κ1) is 15.9. The summed E-state index contributed by atoms with van der Waals surface area (Å²) >= 11 is 0. The van der Waals surface area contributed by atoms with Crippen LogP contribution in [-0.2, 0) is 21.9 Å². The van der Waals surface area contributed by atoms with Gasteiger partial charge >= 0.3 is 0 Å². The van der Waals surface area contributed by atoms with E-state index in [-0.39, 0.29) is 17.9 Å². The molecule has 1 aromatic rings. The standard InChI is InChI=1S/C12H17F2N3O3S/c1-8-7-15-17(2)11(8)21(19,20)16-10(18)6-9-4-3-5-12(9,13)14/h7,9H,3-6H2,1-2H3,(H,16,18). The number of aromatic nitrogens is 2. The van der Waals surface area contributed by atoms with E-state index in [1.54, 1.807) is 0 Å². The van der Waals surface area contributed by atoms with Crippen molar-refractivity contribution in [3.63, 3.8) is 0 Å². The first-order valence-corrected chi connectivity index (χ1v) is 8.04. The predicted molar refractivity (Wildman–Crippen MR) is 70.2 cm³/mol. The van der Waals surface area contributed by atoms with E-state index in [1.165, 1.54) is 20.2 Å². The van der Waals surface area contributed by atoms with Crippen LogP contribution in [0.5, 0.6) is 0 Å². The number of alkyl halides is 2. The van der Waals surface area contributed by atoms with E-state index in [1.807, 2.05) is 4.72 Å². The lowest BCUT2D eigenvalue weighted by Crippen LogP contribution is -2.35. The first-order valence-electron chi connectivity index (χ1n) is 6.55. The molecule has 1 saturated carbocycles. The van der Waals surface area contributed by atoms with Gasteiger partial charge in [0.05, 0.1) is 6.20 Å². The molecule has 6 nitrogen and oxygen atoms in total. The van der Waals surface area contributed by atoms with Gasteiger partial charge in [-0.1, -0.05) is 0 Å². The van der Waals surface area contributed by atoms with Crippen molar-refractivity contribution in [2.45, 2.75) is 43.6 Å². The van der Waals surface area contributed by atoms with Gasteiger partial charge in [0.2, 0.25) is 5.91 Å². The normalized spacial score (nSPS) is 21.4. The third-order valence-corrected chi connectivity index (χ3v) is 5.24. The molecule has 1 N–H and O–H groups in total. The van der Waals surface area contributed by atoms with Crippen LogP contribution >= 0.6 is 0 Å². The van der Waals surface area contributed by atoms with Crippen molar-refractivity contribution in [1.82, 2.24) is 14.5 Å². The zero-order chi connectivity index (χ0) is 15.8. The van der Waals surface area contributed by atoms with E-state index in [9.17, 15) is 22.0 Å². The molecule has 1 fully saturated rings. The zero-order valence-electron chi connectivity index (χ0n) is 11.8. The second-order valence-corrected chi connectivity index (χ2v) is 6.94. The van der Waals surface area contributed by atoms with Crippen LogP contribution in [0.15, 0.2) is 11.2 Å². The number of carbonyl (C=O) groups excluding carboxylic acids is 1. The number of nitrogens with one attached hydrogen (secondary N) is 1. The molecular weight excluding hydrogens is 304 g/mol. The van der Waals surface area contributed by atoms with E-state index < -0.39 is 34.2 Å². The molecule has 1 aliphatic carbocycles. The van der Waals surface area contributed by atoms with Crippen molar-refractivity contribution in [3.05, 3.63) is 11.8 Å². The topological polar surface area (TPSA) is 81.1 Å². The third-order valence-electron chi connectivity index (χ3n) is 3.65. The number of aryl methyl sites for hydroxylation is 2. The molecule has 0 radical (unpaired) electrons. The summed E-state index contributed by atoms with van der Waals surface area (Å²) in [6.45, 7) is 1.54. The molecule has 1 aliphatic rings. The van der Waals surface area contributed by atoms with Crippen molar-refractivity contribution < 1.29 is 22.0 Å². The van der Waals surface area contributed by atoms with Crippen molar-refractivity contribution in [3.8, 4) is 0 Å². The summed E-state index contributed by atoms with van der Waals surface area (Å²) in [4.78, 5) is 11.8. The number of hydrogen-bond donors (Lipinski definition) is 1. The lowest BCUT2D eigenvalue weighted by Gasteiger charge is -2.18. The maximum absolute atomic E-state index is 13.5. The number of sulfonamides is 1. The number of amides is 1. The van der Waals surface area contributed by atoms with Crippen molar-refractivity contribution in [1.29, 1.82) is 0 Å².